The summed E-state index contributed by atoms with van der Waals surface area (Å²) in [5, 5.41) is 3.88. The van der Waals surface area contributed by atoms with E-state index in [0.29, 0.717) is 16.5 Å². The van der Waals surface area contributed by atoms with E-state index in [4.69, 9.17) is 17.3 Å². The maximum atomic E-state index is 11.4. The number of aryl methyl sites for hydroxylation is 1. The Kier molecular flexibility index (Phi) is 5.61. The number of anilines is 1. The summed E-state index contributed by atoms with van der Waals surface area (Å²) in [6.07, 6.45) is 4.22. The number of nitrogens with two attached hydrogens (primary N) is 1. The molecule has 3 rings (SSSR count). The largest absolute Gasteiger partial charge is 0.366 e. The molecule has 2 aromatic heterocycles. The van der Waals surface area contributed by atoms with Crippen molar-refractivity contribution < 1.29 is 4.79 Å². The summed E-state index contributed by atoms with van der Waals surface area (Å²) < 4.78 is 0. The monoisotopic (exact) mass is 395 g/mol. The molecule has 0 radical (unpaired) electrons. The molecule has 0 saturated heterocycles. The van der Waals surface area contributed by atoms with Crippen molar-refractivity contribution >= 4 is 23.5 Å². The Morgan fingerprint density at radius 2 is 1.86 bits per heavy atom. The molecule has 6 nitrogen and oxygen atoms in total. The van der Waals surface area contributed by atoms with Crippen molar-refractivity contribution in [3.05, 3.63) is 70.8 Å². The lowest BCUT2D eigenvalue weighted by Gasteiger charge is -2.27. The molecule has 1 amide bonds. The van der Waals surface area contributed by atoms with Crippen LogP contribution in [0.3, 0.4) is 0 Å². The van der Waals surface area contributed by atoms with Gasteiger partial charge >= 0.3 is 0 Å². The first-order chi connectivity index (χ1) is 13.3. The quantitative estimate of drug-likeness (QED) is 0.652. The number of carbonyl (C=O) groups excluding carboxylic acids is 1. The molecule has 0 bridgehead atoms. The van der Waals surface area contributed by atoms with E-state index in [9.17, 15) is 4.79 Å². The van der Waals surface area contributed by atoms with E-state index in [1.165, 1.54) is 0 Å². The van der Waals surface area contributed by atoms with Gasteiger partial charge in [0.05, 0.1) is 16.3 Å². The number of hydrogen-bond donors (Lipinski definition) is 2. The molecule has 7 heteroatoms. The lowest BCUT2D eigenvalue weighted by atomic mass is 9.99. The standard InChI is InChI=1S/C21H22ClN5O/c1-4-16-8-9-17(22)18(26-16)21(2,3)27-20-24-11-15(12-25-20)13-6-5-7-14(10-13)19(23)28/h5-12H,4H2,1-3H3,(H2,23,28)(H,24,25,27). The highest BCUT2D eigenvalue weighted by Gasteiger charge is 2.26. The molecule has 28 heavy (non-hydrogen) atoms. The topological polar surface area (TPSA) is 93.8 Å². The summed E-state index contributed by atoms with van der Waals surface area (Å²) in [6, 6.07) is 10.8. The van der Waals surface area contributed by atoms with Crippen LogP contribution < -0.4 is 11.1 Å². The third-order valence-corrected chi connectivity index (χ3v) is 4.72. The number of primary amides is 1. The Morgan fingerprint density at radius 1 is 1.14 bits per heavy atom. The minimum absolute atomic E-state index is 0.442. The number of pyridine rings is 1. The molecule has 0 aliphatic carbocycles. The highest BCUT2D eigenvalue weighted by Crippen LogP contribution is 2.29. The Morgan fingerprint density at radius 3 is 2.50 bits per heavy atom. The lowest BCUT2D eigenvalue weighted by Crippen LogP contribution is -2.31. The molecular weight excluding hydrogens is 374 g/mol. The van der Waals surface area contributed by atoms with Crippen LogP contribution in [0, 0.1) is 0 Å². The van der Waals surface area contributed by atoms with Gasteiger partial charge in [0.15, 0.2) is 0 Å². The van der Waals surface area contributed by atoms with Crippen LogP contribution in [0.2, 0.25) is 5.02 Å². The number of aromatic nitrogens is 3. The van der Waals surface area contributed by atoms with E-state index in [-0.39, 0.29) is 0 Å². The fraction of sp³-hybridized carbons (Fsp3) is 0.238. The van der Waals surface area contributed by atoms with Crippen LogP contribution in [0.5, 0.6) is 0 Å². The molecule has 3 aromatic rings. The average molecular weight is 396 g/mol. The first-order valence-corrected chi connectivity index (χ1v) is 9.34. The third kappa shape index (κ3) is 4.28. The van der Waals surface area contributed by atoms with Crippen molar-refractivity contribution in [1.82, 2.24) is 15.0 Å². The molecule has 0 fully saturated rings. The van der Waals surface area contributed by atoms with Crippen molar-refractivity contribution in [2.75, 3.05) is 5.32 Å². The predicted octanol–water partition coefficient (Wildman–Crippen LogP) is 4.20. The number of hydrogen-bond acceptors (Lipinski definition) is 5. The third-order valence-electron chi connectivity index (χ3n) is 4.41. The summed E-state index contributed by atoms with van der Waals surface area (Å²) in [6.45, 7) is 6.01. The van der Waals surface area contributed by atoms with Gasteiger partial charge in [-0.2, -0.15) is 0 Å². The summed E-state index contributed by atoms with van der Waals surface area (Å²) >= 11 is 6.37. The number of carbonyl (C=O) groups is 1. The highest BCUT2D eigenvalue weighted by molar-refractivity contribution is 6.31. The van der Waals surface area contributed by atoms with E-state index >= 15 is 0 Å². The fourth-order valence-electron chi connectivity index (χ4n) is 2.85. The van der Waals surface area contributed by atoms with Crippen LogP contribution in [0.4, 0.5) is 5.95 Å². The van der Waals surface area contributed by atoms with Gasteiger partial charge in [0.1, 0.15) is 0 Å². The zero-order valence-electron chi connectivity index (χ0n) is 16.0. The van der Waals surface area contributed by atoms with Crippen molar-refractivity contribution in [3.8, 4) is 11.1 Å². The van der Waals surface area contributed by atoms with E-state index in [2.05, 4.69) is 27.2 Å². The van der Waals surface area contributed by atoms with Gasteiger partial charge in [-0.05, 0) is 50.1 Å². The predicted molar refractivity (Wildman–Crippen MR) is 111 cm³/mol. The van der Waals surface area contributed by atoms with E-state index in [1.54, 1.807) is 30.6 Å². The SMILES string of the molecule is CCc1ccc(Cl)c(C(C)(C)Nc2ncc(-c3cccc(C(N)=O)c3)cn2)n1. The van der Waals surface area contributed by atoms with Gasteiger partial charge in [0.2, 0.25) is 11.9 Å². The molecule has 144 valence electrons. The second kappa shape index (κ2) is 7.94. The molecule has 3 N–H and O–H groups in total. The van der Waals surface area contributed by atoms with Gasteiger partial charge < -0.3 is 11.1 Å². The van der Waals surface area contributed by atoms with Gasteiger partial charge in [0, 0.05) is 29.2 Å². The minimum Gasteiger partial charge on any atom is -0.366 e. The lowest BCUT2D eigenvalue weighted by molar-refractivity contribution is 0.100. The molecule has 0 aliphatic heterocycles. The van der Waals surface area contributed by atoms with Gasteiger partial charge in [-0.15, -0.1) is 0 Å². The number of benzene rings is 1. The second-order valence-corrected chi connectivity index (χ2v) is 7.38. The second-order valence-electron chi connectivity index (χ2n) is 6.98. The van der Waals surface area contributed by atoms with Crippen LogP contribution in [-0.4, -0.2) is 20.9 Å². The van der Waals surface area contributed by atoms with E-state index in [0.717, 1.165) is 28.9 Å². The minimum atomic E-state index is -0.560. The number of nitrogens with zero attached hydrogens (tertiary/aromatic N) is 3. The van der Waals surface area contributed by atoms with E-state index in [1.807, 2.05) is 32.0 Å². The average Bonchev–Trinajstić information content (AvgIpc) is 2.68. The molecule has 2 heterocycles. The van der Waals surface area contributed by atoms with Crippen LogP contribution in [0.25, 0.3) is 11.1 Å². The van der Waals surface area contributed by atoms with Crippen molar-refractivity contribution in [3.63, 3.8) is 0 Å². The van der Waals surface area contributed by atoms with Crippen LogP contribution in [0.15, 0.2) is 48.8 Å². The Balaban J connectivity index is 1.84. The Labute approximate surface area is 169 Å². The smallest absolute Gasteiger partial charge is 0.248 e. The van der Waals surface area contributed by atoms with Gasteiger partial charge in [0.25, 0.3) is 0 Å². The first-order valence-electron chi connectivity index (χ1n) is 8.96. The molecule has 0 unspecified atom stereocenters. The number of amides is 1. The number of nitrogens with one attached hydrogen (secondary N) is 1. The van der Waals surface area contributed by atoms with Crippen LogP contribution in [0.1, 0.15) is 42.5 Å². The van der Waals surface area contributed by atoms with Crippen LogP contribution in [-0.2, 0) is 12.0 Å². The molecule has 0 aliphatic rings. The maximum absolute atomic E-state index is 11.4. The van der Waals surface area contributed by atoms with Gasteiger partial charge in [-0.25, -0.2) is 9.97 Å². The molecule has 0 atom stereocenters. The summed E-state index contributed by atoms with van der Waals surface area (Å²) in [4.78, 5) is 24.8. The van der Waals surface area contributed by atoms with Crippen molar-refractivity contribution in [2.24, 2.45) is 5.73 Å². The summed E-state index contributed by atoms with van der Waals surface area (Å²) in [7, 11) is 0. The number of rotatable bonds is 6. The van der Waals surface area contributed by atoms with Crippen molar-refractivity contribution in [2.45, 2.75) is 32.7 Å². The molecular formula is C21H22ClN5O. The Bertz CT molecular complexity index is 1000. The summed E-state index contributed by atoms with van der Waals surface area (Å²) in [5.41, 5.74) is 8.55. The molecule has 0 saturated carbocycles. The zero-order valence-corrected chi connectivity index (χ0v) is 16.8. The van der Waals surface area contributed by atoms with Gasteiger partial charge in [-0.3, -0.25) is 9.78 Å². The molecule has 1 aromatic carbocycles. The van der Waals surface area contributed by atoms with Crippen molar-refractivity contribution in [1.29, 1.82) is 0 Å². The fourth-order valence-corrected chi connectivity index (χ4v) is 3.19. The highest BCUT2D eigenvalue weighted by atomic mass is 35.5. The van der Waals surface area contributed by atoms with Gasteiger partial charge in [-0.1, -0.05) is 30.7 Å². The normalized spacial score (nSPS) is 11.3. The number of halogens is 1. The van der Waals surface area contributed by atoms with E-state index < -0.39 is 11.4 Å². The maximum Gasteiger partial charge on any atom is 0.248 e. The first kappa shape index (κ1) is 19.8. The zero-order chi connectivity index (χ0) is 20.3. The van der Waals surface area contributed by atoms with Crippen LogP contribution >= 0.6 is 11.6 Å². The summed E-state index contributed by atoms with van der Waals surface area (Å²) in [5.74, 6) is -0.0129. The molecule has 0 spiro atoms. The Hall–Kier alpha value is -2.99.